The summed E-state index contributed by atoms with van der Waals surface area (Å²) in [4.78, 5) is 25.8. The molecule has 0 aromatic carbocycles. The molecule has 1 fully saturated rings. The minimum Gasteiger partial charge on any atom is -0.481 e. The molecule has 5 nitrogen and oxygen atoms in total. The lowest BCUT2D eigenvalue weighted by atomic mass is 9.76. The molecule has 0 aromatic heterocycles. The van der Waals surface area contributed by atoms with Crippen molar-refractivity contribution in [2.75, 3.05) is 13.1 Å². The second-order valence-electron chi connectivity index (χ2n) is 6.56. The molecule has 1 aliphatic heterocycles. The summed E-state index contributed by atoms with van der Waals surface area (Å²) in [5, 5.41) is 12.7. The van der Waals surface area contributed by atoms with Crippen LogP contribution in [-0.4, -0.2) is 40.6 Å². The van der Waals surface area contributed by atoms with E-state index in [0.29, 0.717) is 19.5 Å². The number of carbonyl (C=O) groups excluding carboxylic acids is 1. The zero-order valence-corrected chi connectivity index (χ0v) is 14.0. The van der Waals surface area contributed by atoms with Gasteiger partial charge in [-0.3, -0.25) is 4.79 Å². The molecule has 0 saturated carbocycles. The monoisotopic (exact) mass is 298 g/mol. The first kappa shape index (κ1) is 17.8. The highest BCUT2D eigenvalue weighted by Gasteiger charge is 2.49. The maximum absolute atomic E-state index is 12.5. The highest BCUT2D eigenvalue weighted by atomic mass is 16.4. The first-order valence-corrected chi connectivity index (χ1v) is 8.07. The molecule has 1 atom stereocenters. The molecule has 5 heteroatoms. The maximum atomic E-state index is 12.5. The van der Waals surface area contributed by atoms with E-state index in [1.54, 1.807) is 4.90 Å². The van der Waals surface area contributed by atoms with E-state index < -0.39 is 11.4 Å². The lowest BCUT2D eigenvalue weighted by Gasteiger charge is -2.34. The van der Waals surface area contributed by atoms with E-state index in [1.165, 1.54) is 0 Å². The number of likely N-dealkylation sites (tertiary alicyclic amines) is 1. The summed E-state index contributed by atoms with van der Waals surface area (Å²) in [7, 11) is 0. The molecule has 0 radical (unpaired) electrons. The van der Waals surface area contributed by atoms with Crippen molar-refractivity contribution in [3.05, 3.63) is 0 Å². The predicted molar refractivity (Wildman–Crippen MR) is 83.2 cm³/mol. The topological polar surface area (TPSA) is 69.6 Å². The normalized spacial score (nSPS) is 22.7. The van der Waals surface area contributed by atoms with Crippen molar-refractivity contribution in [2.45, 2.75) is 65.8 Å². The van der Waals surface area contributed by atoms with Crippen LogP contribution in [0.3, 0.4) is 0 Å². The van der Waals surface area contributed by atoms with Gasteiger partial charge in [-0.2, -0.15) is 0 Å². The molecule has 0 spiro atoms. The first-order valence-electron chi connectivity index (χ1n) is 8.07. The van der Waals surface area contributed by atoms with Crippen LogP contribution in [0.25, 0.3) is 0 Å². The second-order valence-corrected chi connectivity index (χ2v) is 6.56. The number of rotatable bonds is 6. The van der Waals surface area contributed by atoms with Gasteiger partial charge in [-0.25, -0.2) is 4.79 Å². The molecular weight excluding hydrogens is 268 g/mol. The van der Waals surface area contributed by atoms with Gasteiger partial charge in [0.1, 0.15) is 0 Å². The van der Waals surface area contributed by atoms with Gasteiger partial charge in [0, 0.05) is 18.6 Å². The van der Waals surface area contributed by atoms with Gasteiger partial charge in [-0.1, -0.05) is 34.6 Å². The largest absolute Gasteiger partial charge is 0.481 e. The molecule has 0 bridgehead atoms. The van der Waals surface area contributed by atoms with Crippen LogP contribution in [0.2, 0.25) is 0 Å². The van der Waals surface area contributed by atoms with Crippen LogP contribution in [0.15, 0.2) is 0 Å². The third kappa shape index (κ3) is 3.33. The first-order chi connectivity index (χ1) is 9.76. The standard InChI is InChI=1S/C16H30N2O3/c1-6-15(7-2,8-3)17-14(21)18-10-9-16(11-18,12(4)5)13(19)20/h12H,6-11H2,1-5H3,(H,17,21)(H,19,20). The third-order valence-electron chi connectivity index (χ3n) is 5.52. The van der Waals surface area contributed by atoms with Crippen LogP contribution >= 0.6 is 0 Å². The van der Waals surface area contributed by atoms with Gasteiger partial charge < -0.3 is 15.3 Å². The Morgan fingerprint density at radius 2 is 1.76 bits per heavy atom. The number of carboxylic acid groups (broad SMARTS) is 1. The van der Waals surface area contributed by atoms with Crippen LogP contribution < -0.4 is 5.32 Å². The van der Waals surface area contributed by atoms with E-state index in [0.717, 1.165) is 19.3 Å². The van der Waals surface area contributed by atoms with E-state index in [1.807, 2.05) is 13.8 Å². The lowest BCUT2D eigenvalue weighted by molar-refractivity contribution is -0.150. The molecule has 1 saturated heterocycles. The van der Waals surface area contributed by atoms with Crippen molar-refractivity contribution >= 4 is 12.0 Å². The van der Waals surface area contributed by atoms with Crippen molar-refractivity contribution < 1.29 is 14.7 Å². The quantitative estimate of drug-likeness (QED) is 0.791. The van der Waals surface area contributed by atoms with Crippen LogP contribution in [0.1, 0.15) is 60.3 Å². The highest BCUT2D eigenvalue weighted by Crippen LogP contribution is 2.38. The number of nitrogens with zero attached hydrogens (tertiary/aromatic N) is 1. The molecule has 1 rings (SSSR count). The van der Waals surface area contributed by atoms with Crippen molar-refractivity contribution in [3.63, 3.8) is 0 Å². The zero-order valence-electron chi connectivity index (χ0n) is 14.0. The average Bonchev–Trinajstić information content (AvgIpc) is 2.91. The molecule has 0 aromatic rings. The van der Waals surface area contributed by atoms with E-state index in [9.17, 15) is 14.7 Å². The van der Waals surface area contributed by atoms with Crippen molar-refractivity contribution in [1.29, 1.82) is 0 Å². The average molecular weight is 298 g/mol. The summed E-state index contributed by atoms with van der Waals surface area (Å²) in [6.07, 6.45) is 3.18. The zero-order chi connectivity index (χ0) is 16.3. The Morgan fingerprint density at radius 3 is 2.10 bits per heavy atom. The number of hydrogen-bond donors (Lipinski definition) is 2. The number of carbonyl (C=O) groups is 2. The number of urea groups is 1. The Labute approximate surface area is 128 Å². The predicted octanol–water partition coefficient (Wildman–Crippen LogP) is 3.10. The summed E-state index contributed by atoms with van der Waals surface area (Å²) in [5.74, 6) is -0.776. The van der Waals surface area contributed by atoms with E-state index in [4.69, 9.17) is 0 Å². The van der Waals surface area contributed by atoms with Crippen LogP contribution in [0.4, 0.5) is 4.79 Å². The molecule has 1 aliphatic rings. The molecule has 2 N–H and O–H groups in total. The fourth-order valence-electron chi connectivity index (χ4n) is 3.22. The molecule has 1 unspecified atom stereocenters. The van der Waals surface area contributed by atoms with Gasteiger partial charge in [0.2, 0.25) is 0 Å². The molecular formula is C16H30N2O3. The minimum atomic E-state index is -0.801. The van der Waals surface area contributed by atoms with Crippen LogP contribution in [0.5, 0.6) is 0 Å². The Bertz CT molecular complexity index is 383. The second kappa shape index (κ2) is 6.67. The van der Waals surface area contributed by atoms with Gasteiger partial charge in [0.15, 0.2) is 0 Å². The minimum absolute atomic E-state index is 0.0149. The van der Waals surface area contributed by atoms with Gasteiger partial charge in [0.25, 0.3) is 0 Å². The Morgan fingerprint density at radius 1 is 1.24 bits per heavy atom. The molecule has 1 heterocycles. The summed E-state index contributed by atoms with van der Waals surface area (Å²) in [6, 6.07) is -0.121. The fraction of sp³-hybridized carbons (Fsp3) is 0.875. The van der Waals surface area contributed by atoms with E-state index in [2.05, 4.69) is 26.1 Å². The Balaban J connectivity index is 2.81. The lowest BCUT2D eigenvalue weighted by Crippen LogP contribution is -2.52. The van der Waals surface area contributed by atoms with Crippen LogP contribution in [0, 0.1) is 11.3 Å². The Kier molecular flexibility index (Phi) is 5.65. The fourth-order valence-corrected chi connectivity index (χ4v) is 3.22. The highest BCUT2D eigenvalue weighted by molar-refractivity contribution is 5.80. The summed E-state index contributed by atoms with van der Waals surface area (Å²) in [6.45, 7) is 10.9. The summed E-state index contributed by atoms with van der Waals surface area (Å²) in [5.41, 5.74) is -0.978. The van der Waals surface area contributed by atoms with Crippen molar-refractivity contribution in [3.8, 4) is 0 Å². The van der Waals surface area contributed by atoms with E-state index in [-0.39, 0.29) is 17.5 Å². The molecule has 122 valence electrons. The number of amides is 2. The van der Waals surface area contributed by atoms with Crippen LogP contribution in [-0.2, 0) is 4.79 Å². The summed E-state index contributed by atoms with van der Waals surface area (Å²) < 4.78 is 0. The molecule has 21 heavy (non-hydrogen) atoms. The third-order valence-corrected chi connectivity index (χ3v) is 5.52. The molecule has 2 amide bonds. The van der Waals surface area contributed by atoms with Gasteiger partial charge in [-0.05, 0) is 31.6 Å². The Hall–Kier alpha value is -1.26. The van der Waals surface area contributed by atoms with Gasteiger partial charge in [-0.15, -0.1) is 0 Å². The number of carboxylic acids is 1. The number of aliphatic carboxylic acids is 1. The van der Waals surface area contributed by atoms with E-state index >= 15 is 0 Å². The van der Waals surface area contributed by atoms with Gasteiger partial charge >= 0.3 is 12.0 Å². The van der Waals surface area contributed by atoms with Crippen molar-refractivity contribution in [2.24, 2.45) is 11.3 Å². The number of hydrogen-bond acceptors (Lipinski definition) is 2. The SMILES string of the molecule is CCC(CC)(CC)NC(=O)N1CCC(C(=O)O)(C(C)C)C1. The van der Waals surface area contributed by atoms with Crippen molar-refractivity contribution in [1.82, 2.24) is 10.2 Å². The number of nitrogens with one attached hydrogen (secondary N) is 1. The summed E-state index contributed by atoms with van der Waals surface area (Å²) >= 11 is 0. The van der Waals surface area contributed by atoms with Gasteiger partial charge in [0.05, 0.1) is 5.41 Å². The smallest absolute Gasteiger partial charge is 0.317 e. The molecule has 0 aliphatic carbocycles. The maximum Gasteiger partial charge on any atom is 0.317 e.